The molecule has 11 heteroatoms. The summed E-state index contributed by atoms with van der Waals surface area (Å²) in [5.41, 5.74) is 0.0927. The SMILES string of the molecule is CC(C)NCCn1cc(C(F)(F)F)nc1C1CCN(c2ncnc3c2C(C)CC(=O)N3)CC1. The molecule has 2 aromatic rings. The van der Waals surface area contributed by atoms with Crippen molar-refractivity contribution >= 4 is 17.5 Å². The number of hydrogen-bond acceptors (Lipinski definition) is 6. The van der Waals surface area contributed by atoms with Crippen molar-refractivity contribution < 1.29 is 18.0 Å². The second kappa shape index (κ2) is 9.28. The van der Waals surface area contributed by atoms with Gasteiger partial charge < -0.3 is 20.1 Å². The van der Waals surface area contributed by atoms with Crippen LogP contribution in [0.2, 0.25) is 0 Å². The zero-order chi connectivity index (χ0) is 23.8. The fraction of sp³-hybridized carbons (Fsp3) is 0.636. The molecule has 8 nitrogen and oxygen atoms in total. The van der Waals surface area contributed by atoms with E-state index in [-0.39, 0.29) is 23.8 Å². The number of piperidine rings is 1. The molecule has 2 aliphatic heterocycles. The van der Waals surface area contributed by atoms with E-state index < -0.39 is 11.9 Å². The van der Waals surface area contributed by atoms with E-state index in [4.69, 9.17) is 0 Å². The summed E-state index contributed by atoms with van der Waals surface area (Å²) in [7, 11) is 0. The first-order valence-electron chi connectivity index (χ1n) is 11.4. The molecule has 33 heavy (non-hydrogen) atoms. The summed E-state index contributed by atoms with van der Waals surface area (Å²) in [6.45, 7) is 8.30. The third-order valence-corrected chi connectivity index (χ3v) is 6.27. The molecular formula is C22H30F3N7O. The molecule has 0 saturated carbocycles. The summed E-state index contributed by atoms with van der Waals surface area (Å²) < 4.78 is 41.7. The van der Waals surface area contributed by atoms with Crippen LogP contribution >= 0.6 is 0 Å². The van der Waals surface area contributed by atoms with Crippen LogP contribution in [0.25, 0.3) is 0 Å². The highest BCUT2D eigenvalue weighted by Crippen LogP contribution is 2.39. The Morgan fingerprint density at radius 3 is 2.64 bits per heavy atom. The van der Waals surface area contributed by atoms with E-state index in [9.17, 15) is 18.0 Å². The largest absolute Gasteiger partial charge is 0.434 e. The fourth-order valence-electron chi connectivity index (χ4n) is 4.65. The van der Waals surface area contributed by atoms with Gasteiger partial charge in [0.2, 0.25) is 5.91 Å². The van der Waals surface area contributed by atoms with E-state index in [2.05, 4.69) is 30.5 Å². The van der Waals surface area contributed by atoms with Crippen LogP contribution in [0.3, 0.4) is 0 Å². The number of carbonyl (C=O) groups is 1. The monoisotopic (exact) mass is 465 g/mol. The number of amides is 1. The zero-order valence-electron chi connectivity index (χ0n) is 19.1. The second-order valence-corrected chi connectivity index (χ2v) is 9.16. The summed E-state index contributed by atoms with van der Waals surface area (Å²) >= 11 is 0. The molecular weight excluding hydrogens is 435 g/mol. The number of hydrogen-bond donors (Lipinski definition) is 2. The Morgan fingerprint density at radius 2 is 1.97 bits per heavy atom. The minimum atomic E-state index is -4.47. The molecule has 1 atom stereocenters. The maximum atomic E-state index is 13.4. The van der Waals surface area contributed by atoms with Gasteiger partial charge in [-0.05, 0) is 18.8 Å². The molecule has 0 aliphatic carbocycles. The lowest BCUT2D eigenvalue weighted by atomic mass is 9.92. The summed E-state index contributed by atoms with van der Waals surface area (Å²) in [6, 6.07) is 0.258. The number of fused-ring (bicyclic) bond motifs is 1. The van der Waals surface area contributed by atoms with E-state index in [1.54, 1.807) is 4.57 Å². The van der Waals surface area contributed by atoms with Gasteiger partial charge in [-0.3, -0.25) is 4.79 Å². The van der Waals surface area contributed by atoms with E-state index in [1.165, 1.54) is 6.33 Å². The molecule has 1 amide bonds. The second-order valence-electron chi connectivity index (χ2n) is 9.16. The number of alkyl halides is 3. The zero-order valence-corrected chi connectivity index (χ0v) is 19.1. The Hall–Kier alpha value is -2.69. The van der Waals surface area contributed by atoms with Crippen molar-refractivity contribution in [3.8, 4) is 0 Å². The van der Waals surface area contributed by atoms with Crippen molar-refractivity contribution in [2.24, 2.45) is 0 Å². The number of anilines is 2. The van der Waals surface area contributed by atoms with Crippen LogP contribution in [0.5, 0.6) is 0 Å². The highest BCUT2D eigenvalue weighted by atomic mass is 19.4. The lowest BCUT2D eigenvalue weighted by Crippen LogP contribution is -2.36. The highest BCUT2D eigenvalue weighted by molar-refractivity contribution is 5.94. The molecule has 2 N–H and O–H groups in total. The lowest BCUT2D eigenvalue weighted by Gasteiger charge is -2.35. The lowest BCUT2D eigenvalue weighted by molar-refractivity contribution is -0.141. The van der Waals surface area contributed by atoms with Crippen LogP contribution in [0.1, 0.15) is 69.0 Å². The predicted molar refractivity (Wildman–Crippen MR) is 118 cm³/mol. The van der Waals surface area contributed by atoms with Crippen LogP contribution in [-0.2, 0) is 17.5 Å². The molecule has 1 fully saturated rings. The Kier molecular flexibility index (Phi) is 6.60. The molecule has 1 saturated heterocycles. The molecule has 0 spiro atoms. The fourth-order valence-corrected chi connectivity index (χ4v) is 4.65. The molecule has 0 radical (unpaired) electrons. The first-order valence-corrected chi connectivity index (χ1v) is 11.4. The van der Waals surface area contributed by atoms with Crippen molar-refractivity contribution in [2.75, 3.05) is 29.9 Å². The number of carbonyl (C=O) groups excluding carboxylic acids is 1. The molecule has 1 unspecified atom stereocenters. The maximum Gasteiger partial charge on any atom is 0.434 e. The van der Waals surface area contributed by atoms with Gasteiger partial charge in [0.15, 0.2) is 5.69 Å². The van der Waals surface area contributed by atoms with Gasteiger partial charge in [0.25, 0.3) is 0 Å². The summed E-state index contributed by atoms with van der Waals surface area (Å²) in [4.78, 5) is 26.7. The van der Waals surface area contributed by atoms with E-state index in [0.29, 0.717) is 57.1 Å². The van der Waals surface area contributed by atoms with Crippen molar-refractivity contribution in [3.63, 3.8) is 0 Å². The van der Waals surface area contributed by atoms with Crippen molar-refractivity contribution in [3.05, 3.63) is 29.6 Å². The minimum absolute atomic E-state index is 0.00405. The topological polar surface area (TPSA) is 88.0 Å². The van der Waals surface area contributed by atoms with Crippen molar-refractivity contribution in [1.29, 1.82) is 0 Å². The van der Waals surface area contributed by atoms with Crippen LogP contribution in [-0.4, -0.2) is 51.1 Å². The predicted octanol–water partition coefficient (Wildman–Crippen LogP) is 3.52. The van der Waals surface area contributed by atoms with Gasteiger partial charge in [-0.1, -0.05) is 20.8 Å². The average molecular weight is 466 g/mol. The minimum Gasteiger partial charge on any atom is -0.356 e. The van der Waals surface area contributed by atoms with Crippen molar-refractivity contribution in [1.82, 2.24) is 24.8 Å². The number of imidazole rings is 1. The number of rotatable bonds is 6. The van der Waals surface area contributed by atoms with Gasteiger partial charge in [-0.25, -0.2) is 15.0 Å². The number of nitrogens with zero attached hydrogens (tertiary/aromatic N) is 5. The Labute approximate surface area is 191 Å². The van der Waals surface area contributed by atoms with E-state index in [0.717, 1.165) is 17.6 Å². The molecule has 0 aromatic carbocycles. The number of halogens is 3. The molecule has 4 heterocycles. The number of nitrogens with one attached hydrogen (secondary N) is 2. The third-order valence-electron chi connectivity index (χ3n) is 6.27. The van der Waals surface area contributed by atoms with E-state index >= 15 is 0 Å². The molecule has 180 valence electrons. The summed E-state index contributed by atoms with van der Waals surface area (Å²) in [6.07, 6.45) is -0.160. The average Bonchev–Trinajstić information content (AvgIpc) is 3.17. The quantitative estimate of drug-likeness (QED) is 0.679. The Morgan fingerprint density at radius 1 is 1.24 bits per heavy atom. The van der Waals surface area contributed by atoms with Crippen molar-refractivity contribution in [2.45, 2.75) is 70.6 Å². The highest BCUT2D eigenvalue weighted by Gasteiger charge is 2.37. The van der Waals surface area contributed by atoms with Gasteiger partial charge in [0.1, 0.15) is 23.8 Å². The first kappa shape index (κ1) is 23.5. The Balaban J connectivity index is 1.51. The van der Waals surface area contributed by atoms with Gasteiger partial charge >= 0.3 is 6.18 Å². The molecule has 2 aromatic heterocycles. The smallest absolute Gasteiger partial charge is 0.356 e. The molecule has 2 aliphatic rings. The Bertz CT molecular complexity index is 996. The standard InChI is InChI=1S/C22H30F3N7O/c1-13(2)26-6-9-32-11-16(22(23,24)25)29-20(32)15-4-7-31(8-5-15)21-18-14(3)10-17(33)30-19(18)27-12-28-21/h11-15,26H,4-10H2,1-3H3,(H,27,28,30,33). The number of aromatic nitrogens is 4. The van der Waals surface area contributed by atoms with E-state index in [1.807, 2.05) is 20.8 Å². The summed E-state index contributed by atoms with van der Waals surface area (Å²) in [5.74, 6) is 1.73. The molecule has 4 rings (SSSR count). The maximum absolute atomic E-state index is 13.4. The molecule has 0 bridgehead atoms. The van der Waals surface area contributed by atoms with Gasteiger partial charge in [-0.2, -0.15) is 13.2 Å². The first-order chi connectivity index (χ1) is 15.6. The van der Waals surface area contributed by atoms with Gasteiger partial charge in [0, 0.05) is 56.3 Å². The van der Waals surface area contributed by atoms with Crippen LogP contribution in [0.15, 0.2) is 12.5 Å². The van der Waals surface area contributed by atoms with Gasteiger partial charge in [0.05, 0.1) is 0 Å². The summed E-state index contributed by atoms with van der Waals surface area (Å²) in [5, 5.41) is 6.07. The normalized spacial score (nSPS) is 19.7. The van der Waals surface area contributed by atoms with Crippen LogP contribution in [0.4, 0.5) is 24.8 Å². The van der Waals surface area contributed by atoms with Crippen LogP contribution < -0.4 is 15.5 Å². The van der Waals surface area contributed by atoms with Crippen LogP contribution in [0, 0.1) is 0 Å². The third kappa shape index (κ3) is 5.13. The van der Waals surface area contributed by atoms with Gasteiger partial charge in [-0.15, -0.1) is 0 Å².